The summed E-state index contributed by atoms with van der Waals surface area (Å²) in [6.07, 6.45) is 1.55. The van der Waals surface area contributed by atoms with Gasteiger partial charge in [0.2, 0.25) is 5.91 Å². The van der Waals surface area contributed by atoms with Crippen molar-refractivity contribution in [2.45, 2.75) is 19.5 Å². The van der Waals surface area contributed by atoms with Gasteiger partial charge in [0.15, 0.2) is 0 Å². The molecule has 0 bridgehead atoms. The zero-order chi connectivity index (χ0) is 17.5. The van der Waals surface area contributed by atoms with Crippen LogP contribution >= 0.6 is 0 Å². The maximum atomic E-state index is 12.2. The fraction of sp³-hybridized carbons (Fsp3) is 0.278. The maximum Gasteiger partial charge on any atom is 0.270 e. The molecular formula is C18H22N4O2. The Bertz CT molecular complexity index is 701. The number of hydrogen-bond donors (Lipinski definition) is 2. The molecule has 2 amide bonds. The molecule has 2 N–H and O–H groups in total. The number of likely N-dealkylation sites (N-methyl/N-ethyl adjacent to an activating group) is 1. The van der Waals surface area contributed by atoms with E-state index < -0.39 is 0 Å². The molecule has 0 aliphatic rings. The van der Waals surface area contributed by atoms with Gasteiger partial charge < -0.3 is 15.5 Å². The van der Waals surface area contributed by atoms with Crippen molar-refractivity contribution in [3.63, 3.8) is 0 Å². The van der Waals surface area contributed by atoms with Crippen LogP contribution in [0.5, 0.6) is 0 Å². The third kappa shape index (κ3) is 4.81. The van der Waals surface area contributed by atoms with E-state index in [1.54, 1.807) is 39.3 Å². The second-order valence-corrected chi connectivity index (χ2v) is 5.70. The van der Waals surface area contributed by atoms with Gasteiger partial charge in [-0.15, -0.1) is 0 Å². The minimum Gasteiger partial charge on any atom is -0.374 e. The summed E-state index contributed by atoms with van der Waals surface area (Å²) in [5.74, 6) is -0.295. The molecule has 1 aromatic carbocycles. The standard InChI is InChI=1S/C18H22N4O2/c1-13(18(24)22(2)3)21-15-9-10-19-16(11-15)17(23)20-12-14-7-5-4-6-8-14/h4-11,13H,12H2,1-3H3,(H,19,21)(H,20,23)/t13-/m0/s1. The minimum atomic E-state index is -0.386. The molecule has 0 aliphatic heterocycles. The lowest BCUT2D eigenvalue weighted by molar-refractivity contribution is -0.129. The topological polar surface area (TPSA) is 74.3 Å². The molecule has 0 saturated carbocycles. The Labute approximate surface area is 141 Å². The lowest BCUT2D eigenvalue weighted by Crippen LogP contribution is -2.36. The van der Waals surface area contributed by atoms with Crippen molar-refractivity contribution in [2.24, 2.45) is 0 Å². The van der Waals surface area contributed by atoms with E-state index >= 15 is 0 Å². The van der Waals surface area contributed by atoms with Gasteiger partial charge in [0.05, 0.1) is 0 Å². The highest BCUT2D eigenvalue weighted by atomic mass is 16.2. The van der Waals surface area contributed by atoms with E-state index in [9.17, 15) is 9.59 Å². The molecule has 1 atom stereocenters. The molecule has 1 heterocycles. The van der Waals surface area contributed by atoms with Gasteiger partial charge in [0.1, 0.15) is 11.7 Å². The summed E-state index contributed by atoms with van der Waals surface area (Å²) >= 11 is 0. The highest BCUT2D eigenvalue weighted by Gasteiger charge is 2.15. The van der Waals surface area contributed by atoms with Crippen LogP contribution in [0.25, 0.3) is 0 Å². The normalized spacial score (nSPS) is 11.5. The quantitative estimate of drug-likeness (QED) is 0.850. The van der Waals surface area contributed by atoms with E-state index in [4.69, 9.17) is 0 Å². The maximum absolute atomic E-state index is 12.2. The largest absolute Gasteiger partial charge is 0.374 e. The highest BCUT2D eigenvalue weighted by Crippen LogP contribution is 2.10. The van der Waals surface area contributed by atoms with Crippen LogP contribution in [0.2, 0.25) is 0 Å². The molecule has 126 valence electrons. The van der Waals surface area contributed by atoms with Crippen LogP contribution in [0.1, 0.15) is 23.0 Å². The predicted molar refractivity (Wildman–Crippen MR) is 93.6 cm³/mol. The molecule has 24 heavy (non-hydrogen) atoms. The number of amides is 2. The van der Waals surface area contributed by atoms with Gasteiger partial charge in [-0.3, -0.25) is 14.6 Å². The van der Waals surface area contributed by atoms with Crippen molar-refractivity contribution >= 4 is 17.5 Å². The van der Waals surface area contributed by atoms with Gasteiger partial charge in [-0.05, 0) is 24.6 Å². The monoisotopic (exact) mass is 326 g/mol. The number of aromatic nitrogens is 1. The SMILES string of the molecule is C[C@H](Nc1ccnc(C(=O)NCc2ccccc2)c1)C(=O)N(C)C. The van der Waals surface area contributed by atoms with Gasteiger partial charge in [-0.2, -0.15) is 0 Å². The van der Waals surface area contributed by atoms with Gasteiger partial charge in [-0.25, -0.2) is 0 Å². The molecule has 0 saturated heterocycles. The Kier molecular flexibility index (Phi) is 5.89. The van der Waals surface area contributed by atoms with Crippen LogP contribution in [0, 0.1) is 0 Å². The number of rotatable bonds is 6. The number of anilines is 1. The van der Waals surface area contributed by atoms with E-state index in [-0.39, 0.29) is 17.9 Å². The summed E-state index contributed by atoms with van der Waals surface area (Å²) in [5, 5.41) is 5.91. The second kappa shape index (κ2) is 8.10. The highest BCUT2D eigenvalue weighted by molar-refractivity contribution is 5.93. The molecule has 1 aromatic heterocycles. The van der Waals surface area contributed by atoms with Crippen molar-refractivity contribution in [2.75, 3.05) is 19.4 Å². The average Bonchev–Trinajstić information content (AvgIpc) is 2.60. The summed E-state index contributed by atoms with van der Waals surface area (Å²) in [6.45, 7) is 2.21. The van der Waals surface area contributed by atoms with E-state index in [2.05, 4.69) is 15.6 Å². The van der Waals surface area contributed by atoms with Crippen LogP contribution in [0.3, 0.4) is 0 Å². The van der Waals surface area contributed by atoms with Gasteiger partial charge in [0.25, 0.3) is 5.91 Å². The van der Waals surface area contributed by atoms with Gasteiger partial charge >= 0.3 is 0 Å². The summed E-state index contributed by atoms with van der Waals surface area (Å²) in [7, 11) is 3.41. The predicted octanol–water partition coefficient (Wildman–Crippen LogP) is 1.90. The lowest BCUT2D eigenvalue weighted by atomic mass is 10.2. The lowest BCUT2D eigenvalue weighted by Gasteiger charge is -2.19. The molecule has 2 rings (SSSR count). The Morgan fingerprint density at radius 3 is 2.54 bits per heavy atom. The summed E-state index contributed by atoms with van der Waals surface area (Å²) < 4.78 is 0. The van der Waals surface area contributed by atoms with Crippen LogP contribution in [0.4, 0.5) is 5.69 Å². The average molecular weight is 326 g/mol. The van der Waals surface area contributed by atoms with E-state index in [0.717, 1.165) is 5.56 Å². The van der Waals surface area contributed by atoms with Crippen LogP contribution in [-0.2, 0) is 11.3 Å². The number of hydrogen-bond acceptors (Lipinski definition) is 4. The summed E-state index contributed by atoms with van der Waals surface area (Å²) in [5.41, 5.74) is 2.00. The number of carbonyl (C=O) groups is 2. The fourth-order valence-electron chi connectivity index (χ4n) is 2.21. The van der Waals surface area contributed by atoms with Crippen LogP contribution < -0.4 is 10.6 Å². The van der Waals surface area contributed by atoms with Crippen molar-refractivity contribution in [1.82, 2.24) is 15.2 Å². The summed E-state index contributed by atoms with van der Waals surface area (Å²) in [4.78, 5) is 29.7. The molecule has 6 heteroatoms. The Morgan fingerprint density at radius 1 is 1.17 bits per heavy atom. The third-order valence-electron chi connectivity index (χ3n) is 3.48. The van der Waals surface area contributed by atoms with Crippen molar-refractivity contribution in [3.05, 3.63) is 59.9 Å². The van der Waals surface area contributed by atoms with E-state index in [1.165, 1.54) is 4.90 Å². The third-order valence-corrected chi connectivity index (χ3v) is 3.48. The molecule has 0 aliphatic carbocycles. The fourth-order valence-corrected chi connectivity index (χ4v) is 2.21. The molecule has 2 aromatic rings. The number of nitrogens with zero attached hydrogens (tertiary/aromatic N) is 2. The van der Waals surface area contributed by atoms with Crippen molar-refractivity contribution in [1.29, 1.82) is 0 Å². The minimum absolute atomic E-state index is 0.0399. The first kappa shape index (κ1) is 17.5. The molecular weight excluding hydrogens is 304 g/mol. The number of nitrogens with one attached hydrogen (secondary N) is 2. The van der Waals surface area contributed by atoms with Crippen LogP contribution in [0.15, 0.2) is 48.7 Å². The zero-order valence-electron chi connectivity index (χ0n) is 14.1. The first-order valence-electron chi connectivity index (χ1n) is 7.73. The number of carbonyl (C=O) groups excluding carboxylic acids is 2. The van der Waals surface area contributed by atoms with Gasteiger partial charge in [-0.1, -0.05) is 30.3 Å². The molecule has 0 spiro atoms. The Hall–Kier alpha value is -2.89. The van der Waals surface area contributed by atoms with Gasteiger partial charge in [0, 0.05) is 32.5 Å². The second-order valence-electron chi connectivity index (χ2n) is 5.70. The summed E-state index contributed by atoms with van der Waals surface area (Å²) in [6, 6.07) is 12.6. The smallest absolute Gasteiger partial charge is 0.270 e. The molecule has 0 radical (unpaired) electrons. The molecule has 0 fully saturated rings. The first-order valence-corrected chi connectivity index (χ1v) is 7.73. The van der Waals surface area contributed by atoms with Crippen molar-refractivity contribution in [3.8, 4) is 0 Å². The molecule has 6 nitrogen and oxygen atoms in total. The van der Waals surface area contributed by atoms with E-state index in [1.807, 2.05) is 30.3 Å². The zero-order valence-corrected chi connectivity index (χ0v) is 14.1. The number of pyridine rings is 1. The van der Waals surface area contributed by atoms with E-state index in [0.29, 0.717) is 17.9 Å². The Balaban J connectivity index is 1.99. The molecule has 0 unspecified atom stereocenters. The number of benzene rings is 1. The van der Waals surface area contributed by atoms with Crippen molar-refractivity contribution < 1.29 is 9.59 Å². The van der Waals surface area contributed by atoms with Crippen LogP contribution in [-0.4, -0.2) is 41.8 Å². The first-order chi connectivity index (χ1) is 11.5. The Morgan fingerprint density at radius 2 is 1.88 bits per heavy atom.